The van der Waals surface area contributed by atoms with E-state index in [-0.39, 0.29) is 19.3 Å². The molecule has 0 aliphatic carbocycles. The topological polar surface area (TPSA) is 115 Å². The molecule has 0 aromatic rings. The van der Waals surface area contributed by atoms with Crippen LogP contribution < -0.4 is 5.11 Å². The second kappa shape index (κ2) is 27.3. The van der Waals surface area contributed by atoms with Crippen LogP contribution in [0.25, 0.3) is 0 Å². The number of carbonyl (C=O) groups is 3. The van der Waals surface area contributed by atoms with Gasteiger partial charge < -0.3 is 24.6 Å². The summed E-state index contributed by atoms with van der Waals surface area (Å²) in [6.45, 7) is 5.82. The van der Waals surface area contributed by atoms with Gasteiger partial charge in [-0.25, -0.2) is 0 Å². The summed E-state index contributed by atoms with van der Waals surface area (Å²) in [5.41, 5.74) is 0. The number of hydrogen-bond acceptors (Lipinski definition) is 4. The minimum Gasteiger partial charge on any atom is -0.550 e. The number of rotatable bonds is 31. The highest BCUT2D eigenvalue weighted by Crippen LogP contribution is 2.19. The Morgan fingerprint density at radius 3 is 1.27 bits per heavy atom. The van der Waals surface area contributed by atoms with Gasteiger partial charge in [0.1, 0.15) is 0 Å². The van der Waals surface area contributed by atoms with Crippen molar-refractivity contribution in [3.05, 3.63) is 12.2 Å². The number of aliphatic carboxylic acids is 3. The van der Waals surface area contributed by atoms with Crippen molar-refractivity contribution in [3.63, 3.8) is 0 Å². The number of nitrogens with zero attached hydrogens (tertiary/aromatic N) is 1. The third-order valence-corrected chi connectivity index (χ3v) is 7.95. The first-order valence-electron chi connectivity index (χ1n) is 16.4. The third kappa shape index (κ3) is 26.3. The highest BCUT2D eigenvalue weighted by Gasteiger charge is 2.26. The van der Waals surface area contributed by atoms with Crippen molar-refractivity contribution >= 4 is 17.9 Å². The molecule has 0 atom stereocenters. The molecule has 7 heteroatoms. The van der Waals surface area contributed by atoms with Gasteiger partial charge >= 0.3 is 11.9 Å². The number of carboxylic acid groups (broad SMARTS) is 3. The predicted octanol–water partition coefficient (Wildman–Crippen LogP) is 7.27. The van der Waals surface area contributed by atoms with Gasteiger partial charge in [0.25, 0.3) is 0 Å². The molecular formula is C33H61NO6. The number of allylic oxidation sites excluding steroid dienone is 2. The maximum Gasteiger partial charge on any atom is 0.303 e. The molecule has 0 radical (unpaired) electrons. The first-order chi connectivity index (χ1) is 19.3. The van der Waals surface area contributed by atoms with E-state index in [1.54, 1.807) is 0 Å². The zero-order chi connectivity index (χ0) is 29.7. The van der Waals surface area contributed by atoms with Crippen molar-refractivity contribution in [2.24, 2.45) is 0 Å². The Balaban J connectivity index is 4.49. The van der Waals surface area contributed by atoms with Gasteiger partial charge in [-0.3, -0.25) is 9.59 Å². The van der Waals surface area contributed by atoms with Crippen LogP contribution in [0.15, 0.2) is 12.2 Å². The molecule has 0 aromatic heterocycles. The highest BCUT2D eigenvalue weighted by atomic mass is 16.4. The lowest BCUT2D eigenvalue weighted by molar-refractivity contribution is -0.929. The molecule has 0 aliphatic rings. The maximum absolute atomic E-state index is 11.0. The van der Waals surface area contributed by atoms with Crippen molar-refractivity contribution in [3.8, 4) is 0 Å². The Morgan fingerprint density at radius 1 is 0.525 bits per heavy atom. The van der Waals surface area contributed by atoms with Crippen LogP contribution >= 0.6 is 0 Å². The van der Waals surface area contributed by atoms with E-state index in [0.29, 0.717) is 19.3 Å². The number of quaternary nitrogens is 1. The van der Waals surface area contributed by atoms with E-state index >= 15 is 0 Å². The molecule has 2 N–H and O–H groups in total. The van der Waals surface area contributed by atoms with E-state index < -0.39 is 17.9 Å². The van der Waals surface area contributed by atoms with Crippen LogP contribution in [0.1, 0.15) is 155 Å². The van der Waals surface area contributed by atoms with Gasteiger partial charge in [-0.2, -0.15) is 0 Å². The fourth-order valence-corrected chi connectivity index (χ4v) is 5.53. The summed E-state index contributed by atoms with van der Waals surface area (Å²) in [5, 5.41) is 28.9. The molecule has 0 saturated carbocycles. The summed E-state index contributed by atoms with van der Waals surface area (Å²) >= 11 is 0. The molecule has 0 fully saturated rings. The molecule has 7 nitrogen and oxygen atoms in total. The summed E-state index contributed by atoms with van der Waals surface area (Å²) in [6, 6.07) is 0. The third-order valence-electron chi connectivity index (χ3n) is 7.95. The molecule has 0 aliphatic heterocycles. The van der Waals surface area contributed by atoms with Gasteiger partial charge in [0.2, 0.25) is 0 Å². The number of hydrogen-bond donors (Lipinski definition) is 2. The van der Waals surface area contributed by atoms with Crippen LogP contribution in [0.3, 0.4) is 0 Å². The molecule has 0 amide bonds. The second-order valence-corrected chi connectivity index (χ2v) is 11.7. The van der Waals surface area contributed by atoms with Crippen LogP contribution in [-0.2, 0) is 14.4 Å². The van der Waals surface area contributed by atoms with Crippen molar-refractivity contribution in [1.82, 2.24) is 0 Å². The normalized spacial score (nSPS) is 11.8. The van der Waals surface area contributed by atoms with Crippen LogP contribution in [0.5, 0.6) is 0 Å². The monoisotopic (exact) mass is 567 g/mol. The van der Waals surface area contributed by atoms with Crippen LogP contribution in [0.2, 0.25) is 0 Å². The van der Waals surface area contributed by atoms with Crippen molar-refractivity contribution < 1.29 is 34.2 Å². The van der Waals surface area contributed by atoms with Gasteiger partial charge in [0.05, 0.1) is 26.2 Å². The summed E-state index contributed by atoms with van der Waals surface area (Å²) in [7, 11) is 0. The Morgan fingerprint density at radius 2 is 0.875 bits per heavy atom. The lowest BCUT2D eigenvalue weighted by atomic mass is 10.1. The average Bonchev–Trinajstić information content (AvgIpc) is 2.91. The van der Waals surface area contributed by atoms with Crippen LogP contribution in [0.4, 0.5) is 0 Å². The van der Waals surface area contributed by atoms with E-state index in [1.165, 1.54) is 64.2 Å². The van der Waals surface area contributed by atoms with Gasteiger partial charge in [-0.1, -0.05) is 70.4 Å². The van der Waals surface area contributed by atoms with Crippen LogP contribution in [0, 0.1) is 0 Å². The van der Waals surface area contributed by atoms with E-state index in [1.807, 2.05) is 0 Å². The number of unbranched alkanes of at least 4 members (excludes halogenated alkanes) is 15. The molecule has 0 spiro atoms. The highest BCUT2D eigenvalue weighted by molar-refractivity contribution is 5.66. The molecule has 234 valence electrons. The molecular weight excluding hydrogens is 506 g/mol. The quantitative estimate of drug-likeness (QED) is 0.0517. The fourth-order valence-electron chi connectivity index (χ4n) is 5.53. The molecule has 0 saturated heterocycles. The summed E-state index contributed by atoms with van der Waals surface area (Å²) < 4.78 is 0.834. The molecule has 0 heterocycles. The minimum atomic E-state index is -1.02. The van der Waals surface area contributed by atoms with E-state index in [4.69, 9.17) is 10.2 Å². The fraction of sp³-hybridized carbons (Fsp3) is 0.848. The Kier molecular flexibility index (Phi) is 26.0. The lowest BCUT2D eigenvalue weighted by Crippen LogP contribution is -2.51. The van der Waals surface area contributed by atoms with E-state index in [0.717, 1.165) is 75.6 Å². The molecule has 0 rings (SSSR count). The standard InChI is InChI=1S/C33H61NO6/c1-2-3-4-5-6-7-8-9-10-11-12-13-14-15-16-20-27-34(28-21-17-24-31(35)36,29-22-18-25-32(37)38)30-23-19-26-33(39)40/h12-13H,2-11,14-30H2,1H3,(H2-,35,36,37,38,39,40)/b13-12+. The first-order valence-corrected chi connectivity index (χ1v) is 16.4. The number of carboxylic acids is 3. The Bertz CT molecular complexity index is 608. The molecule has 0 aromatic carbocycles. The maximum atomic E-state index is 11.0. The summed E-state index contributed by atoms with van der Waals surface area (Å²) in [5.74, 6) is -2.58. The van der Waals surface area contributed by atoms with Gasteiger partial charge in [0.15, 0.2) is 0 Å². The molecule has 0 bridgehead atoms. The van der Waals surface area contributed by atoms with Crippen molar-refractivity contribution in [2.45, 2.75) is 155 Å². The van der Waals surface area contributed by atoms with E-state index in [2.05, 4.69) is 19.1 Å². The SMILES string of the molecule is CCCCCCCCCCC/C=C/CCCCC[N+](CCCCC(=O)[O-])(CCCCC(=O)O)CCCCC(=O)O. The zero-order valence-corrected chi connectivity index (χ0v) is 25.7. The predicted molar refractivity (Wildman–Crippen MR) is 161 cm³/mol. The van der Waals surface area contributed by atoms with Crippen LogP contribution in [-0.4, -0.2) is 58.8 Å². The summed E-state index contributed by atoms with van der Waals surface area (Å²) in [4.78, 5) is 32.8. The Hall–Kier alpha value is -1.89. The van der Waals surface area contributed by atoms with Gasteiger partial charge in [-0.15, -0.1) is 0 Å². The Labute approximate surface area is 245 Å². The summed E-state index contributed by atoms with van der Waals surface area (Å²) in [6.07, 6.45) is 27.1. The first kappa shape index (κ1) is 38.1. The molecule has 40 heavy (non-hydrogen) atoms. The lowest BCUT2D eigenvalue weighted by Gasteiger charge is -2.39. The van der Waals surface area contributed by atoms with Gasteiger partial charge in [-0.05, 0) is 83.5 Å². The average molecular weight is 568 g/mol. The van der Waals surface area contributed by atoms with Gasteiger partial charge in [0, 0.05) is 18.8 Å². The molecule has 0 unspecified atom stereocenters. The number of carbonyl (C=O) groups excluding carboxylic acids is 1. The smallest absolute Gasteiger partial charge is 0.303 e. The zero-order valence-electron chi connectivity index (χ0n) is 25.7. The second-order valence-electron chi connectivity index (χ2n) is 11.7. The minimum absolute atomic E-state index is 0.0589. The van der Waals surface area contributed by atoms with Crippen molar-refractivity contribution in [2.75, 3.05) is 26.2 Å². The van der Waals surface area contributed by atoms with Crippen molar-refractivity contribution in [1.29, 1.82) is 0 Å². The largest absolute Gasteiger partial charge is 0.550 e. The van der Waals surface area contributed by atoms with E-state index in [9.17, 15) is 19.5 Å².